The van der Waals surface area contributed by atoms with Crippen molar-refractivity contribution in [1.29, 1.82) is 0 Å². The van der Waals surface area contributed by atoms with Gasteiger partial charge >= 0.3 is 5.97 Å². The number of anilines is 4. The number of nitrogen functional groups attached to an aromatic ring is 2. The molecule has 2 atom stereocenters. The first-order valence-corrected chi connectivity index (χ1v) is 23.9. The summed E-state index contributed by atoms with van der Waals surface area (Å²) in [6, 6.07) is 12.5. The zero-order valence-electron chi connectivity index (χ0n) is 40.1. The first-order valence-electron chi connectivity index (χ1n) is 23.9. The number of benzene rings is 2. The average Bonchev–Trinajstić information content (AvgIpc) is 3.40. The van der Waals surface area contributed by atoms with Crippen LogP contribution in [-0.2, 0) is 32.2 Å². The van der Waals surface area contributed by atoms with E-state index in [4.69, 9.17) is 51.1 Å². The lowest BCUT2D eigenvalue weighted by Gasteiger charge is -2.35. The monoisotopic (exact) mass is 974 g/mol. The molecule has 71 heavy (non-hydrogen) atoms. The van der Waals surface area contributed by atoms with Gasteiger partial charge in [-0.1, -0.05) is 36.4 Å². The van der Waals surface area contributed by atoms with Gasteiger partial charge in [-0.2, -0.15) is 0 Å². The number of ether oxygens (including phenoxy) is 2. The molecule has 4 fully saturated rings. The zero-order valence-corrected chi connectivity index (χ0v) is 40.1. The number of nitrogens with two attached hydrogens (primary N) is 2. The van der Waals surface area contributed by atoms with E-state index in [1.54, 1.807) is 29.7 Å². The van der Waals surface area contributed by atoms with Gasteiger partial charge in [-0.25, -0.2) is 44.7 Å². The van der Waals surface area contributed by atoms with Gasteiger partial charge in [-0.05, 0) is 25.0 Å². The van der Waals surface area contributed by atoms with Gasteiger partial charge in [0, 0.05) is 138 Å². The Bertz CT molecular complexity index is 2730. The minimum atomic E-state index is -1.23. The number of carbonyl (C=O) groups excluding carboxylic acids is 1. The summed E-state index contributed by atoms with van der Waals surface area (Å²) in [6.45, 7) is 16.7. The molecular formula is C48H62N16O7. The van der Waals surface area contributed by atoms with Crippen LogP contribution in [0.25, 0.3) is 44.3 Å². The lowest BCUT2D eigenvalue weighted by atomic mass is 10.0. The number of carboxylic acid groups (broad SMARTS) is 1. The van der Waals surface area contributed by atoms with Crippen molar-refractivity contribution in [2.45, 2.75) is 39.1 Å². The topological polar surface area (TPSA) is 297 Å². The van der Waals surface area contributed by atoms with Crippen molar-refractivity contribution in [3.8, 4) is 22.5 Å². The van der Waals surface area contributed by atoms with Crippen LogP contribution in [0.2, 0.25) is 0 Å². The summed E-state index contributed by atoms with van der Waals surface area (Å²) >= 11 is 0. The van der Waals surface area contributed by atoms with Gasteiger partial charge in [0.2, 0.25) is 23.8 Å². The van der Waals surface area contributed by atoms with Crippen molar-refractivity contribution >= 4 is 57.5 Å². The summed E-state index contributed by atoms with van der Waals surface area (Å²) in [7, 11) is 0. The standard InChI is InChI=1S/C24H30N8O3.C21H26N8O.C3H6O3/c1-16(33)22(34)31-7-5-30(6-8-31)15-17-3-2-4-19-20(17)28-24(32-9-11-35-12-10-32)29-21(19)18-13-26-23(25)27-14-18;22-20-24-12-16(13-25-20)19-17-3-1-2-15(14-28-6-4-23-5-7-28)18(17)26-21(27-19)29-8-10-30-11-9-29;1-2(4)3(5)6/h2-4,13-14,16,33H,5-12,15H2,1H3,(H2,25,26,27);1-3,12-13,23H,4-11,14H2,(H2,22,24,25);2,4H,1H3,(H,5,6)/t16-;;2-/m1.1/s1. The number of aromatic nitrogens is 8. The predicted octanol–water partition coefficient (Wildman–Crippen LogP) is 0.893. The van der Waals surface area contributed by atoms with Crippen molar-refractivity contribution in [2.24, 2.45) is 0 Å². The number of morpholine rings is 2. The molecule has 23 heteroatoms. The summed E-state index contributed by atoms with van der Waals surface area (Å²) in [5, 5.41) is 30.7. The number of carbonyl (C=O) groups is 2. The highest BCUT2D eigenvalue weighted by Gasteiger charge is 2.26. The molecule has 23 nitrogen and oxygen atoms in total. The van der Waals surface area contributed by atoms with Crippen LogP contribution < -0.4 is 26.6 Å². The number of para-hydroxylation sites is 2. The van der Waals surface area contributed by atoms with Gasteiger partial charge < -0.3 is 56.3 Å². The molecule has 4 aliphatic heterocycles. The summed E-state index contributed by atoms with van der Waals surface area (Å²) in [5.41, 5.74) is 18.8. The van der Waals surface area contributed by atoms with Crippen LogP contribution >= 0.6 is 0 Å². The number of hydrogen-bond acceptors (Lipinski definition) is 21. The Morgan fingerprint density at radius 3 is 1.41 bits per heavy atom. The van der Waals surface area contributed by atoms with Crippen LogP contribution in [0.15, 0.2) is 61.2 Å². The number of aliphatic hydroxyl groups excluding tert-OH is 2. The SMILES string of the molecule is C[C@@H](O)C(=O)N1CCN(Cc2cccc3c(-c4cnc(N)nc4)nc(N4CCOCC4)nc23)CC1.C[C@@H](O)C(=O)O.Nc1ncc(-c2nc(N3CCOCC3)nc3c(CN4CCNCC4)cccc23)cn1. The lowest BCUT2D eigenvalue weighted by Crippen LogP contribution is -2.50. The Balaban J connectivity index is 0.000000172. The molecule has 1 amide bonds. The van der Waals surface area contributed by atoms with E-state index < -0.39 is 18.2 Å². The second-order valence-corrected chi connectivity index (χ2v) is 17.5. The fourth-order valence-corrected chi connectivity index (χ4v) is 8.57. The van der Waals surface area contributed by atoms with E-state index in [9.17, 15) is 14.7 Å². The van der Waals surface area contributed by atoms with E-state index in [1.807, 2.05) is 12.1 Å². The Hall–Kier alpha value is -6.86. The van der Waals surface area contributed by atoms with Gasteiger partial charge in [0.25, 0.3) is 5.91 Å². The number of rotatable bonds is 10. The smallest absolute Gasteiger partial charge is 0.332 e. The van der Waals surface area contributed by atoms with Gasteiger partial charge in [-0.15, -0.1) is 0 Å². The number of nitrogens with zero attached hydrogens (tertiary/aromatic N) is 13. The number of nitrogens with one attached hydrogen (secondary N) is 1. The average molecular weight is 975 g/mol. The molecule has 4 aromatic heterocycles. The molecule has 10 rings (SSSR count). The molecule has 0 bridgehead atoms. The first-order chi connectivity index (χ1) is 34.4. The molecule has 0 unspecified atom stereocenters. The maximum absolute atomic E-state index is 12.1. The number of piperazine rings is 2. The van der Waals surface area contributed by atoms with Gasteiger partial charge in [-0.3, -0.25) is 14.6 Å². The number of amides is 1. The minimum Gasteiger partial charge on any atom is -0.479 e. The van der Waals surface area contributed by atoms with Crippen molar-refractivity contribution in [3.63, 3.8) is 0 Å². The Morgan fingerprint density at radius 2 is 1.01 bits per heavy atom. The third-order valence-corrected chi connectivity index (χ3v) is 12.5. The van der Waals surface area contributed by atoms with Gasteiger partial charge in [0.15, 0.2) is 0 Å². The second kappa shape index (κ2) is 23.8. The molecule has 4 aliphatic rings. The predicted molar refractivity (Wildman–Crippen MR) is 267 cm³/mol. The Labute approximate surface area is 410 Å². The molecule has 0 radical (unpaired) electrons. The molecular weight excluding hydrogens is 913 g/mol. The van der Waals surface area contributed by atoms with E-state index in [0.29, 0.717) is 52.0 Å². The molecule has 6 aromatic rings. The fourth-order valence-electron chi connectivity index (χ4n) is 8.57. The quantitative estimate of drug-likeness (QED) is 0.111. The number of carboxylic acids is 1. The summed E-state index contributed by atoms with van der Waals surface area (Å²) in [4.78, 5) is 69.0. The maximum atomic E-state index is 12.1. The van der Waals surface area contributed by atoms with Crippen molar-refractivity contribution in [3.05, 3.63) is 72.3 Å². The van der Waals surface area contributed by atoms with E-state index in [-0.39, 0.29) is 17.8 Å². The molecule has 8 N–H and O–H groups in total. The fraction of sp³-hybridized carbons (Fsp3) is 0.458. The Morgan fingerprint density at radius 1 is 0.606 bits per heavy atom. The zero-order chi connectivity index (χ0) is 49.9. The summed E-state index contributed by atoms with van der Waals surface area (Å²) in [5.74, 6) is 0.459. The minimum absolute atomic E-state index is 0.215. The highest BCUT2D eigenvalue weighted by Crippen LogP contribution is 2.32. The van der Waals surface area contributed by atoms with Crippen LogP contribution in [0.4, 0.5) is 23.8 Å². The van der Waals surface area contributed by atoms with Crippen LogP contribution in [-0.4, -0.2) is 199 Å². The lowest BCUT2D eigenvalue weighted by molar-refractivity contribution is -0.145. The van der Waals surface area contributed by atoms with E-state index >= 15 is 0 Å². The van der Waals surface area contributed by atoms with E-state index in [2.05, 4.69) is 69.1 Å². The summed E-state index contributed by atoms with van der Waals surface area (Å²) in [6.07, 6.45) is 4.65. The maximum Gasteiger partial charge on any atom is 0.332 e. The number of hydrogen-bond donors (Lipinski definition) is 6. The van der Waals surface area contributed by atoms with Crippen molar-refractivity contribution < 1.29 is 34.4 Å². The van der Waals surface area contributed by atoms with Crippen molar-refractivity contribution in [1.82, 2.24) is 59.9 Å². The third kappa shape index (κ3) is 12.9. The van der Waals surface area contributed by atoms with Crippen LogP contribution in [0.3, 0.4) is 0 Å². The normalized spacial score (nSPS) is 17.7. The number of aliphatic carboxylic acids is 1. The third-order valence-electron chi connectivity index (χ3n) is 12.5. The highest BCUT2D eigenvalue weighted by atomic mass is 16.5. The highest BCUT2D eigenvalue weighted by molar-refractivity contribution is 5.96. The Kier molecular flexibility index (Phi) is 17.0. The van der Waals surface area contributed by atoms with Crippen LogP contribution in [0, 0.1) is 0 Å². The van der Waals surface area contributed by atoms with Gasteiger partial charge in [0.05, 0.1) is 48.8 Å². The summed E-state index contributed by atoms with van der Waals surface area (Å²) < 4.78 is 11.0. The molecule has 0 saturated carbocycles. The first kappa shape index (κ1) is 50.5. The largest absolute Gasteiger partial charge is 0.479 e. The van der Waals surface area contributed by atoms with Gasteiger partial charge in [0.1, 0.15) is 12.2 Å². The van der Waals surface area contributed by atoms with E-state index in [0.717, 1.165) is 128 Å². The molecule has 0 spiro atoms. The van der Waals surface area contributed by atoms with Crippen LogP contribution in [0.5, 0.6) is 0 Å². The molecule has 0 aliphatic carbocycles. The second-order valence-electron chi connectivity index (χ2n) is 17.5. The molecule has 8 heterocycles. The molecule has 376 valence electrons. The molecule has 4 saturated heterocycles. The number of aliphatic hydroxyl groups is 2. The number of fused-ring (bicyclic) bond motifs is 2. The van der Waals surface area contributed by atoms with Crippen LogP contribution in [0.1, 0.15) is 25.0 Å². The van der Waals surface area contributed by atoms with E-state index in [1.165, 1.54) is 19.4 Å². The molecule has 2 aromatic carbocycles. The van der Waals surface area contributed by atoms with Crippen molar-refractivity contribution in [2.75, 3.05) is 126 Å².